The van der Waals surface area contributed by atoms with Gasteiger partial charge in [-0.25, -0.2) is 0 Å². The van der Waals surface area contributed by atoms with Gasteiger partial charge in [-0.2, -0.15) is 0 Å². The first-order valence-electron chi connectivity index (χ1n) is 8.41. The summed E-state index contributed by atoms with van der Waals surface area (Å²) >= 11 is 1.64. The van der Waals surface area contributed by atoms with Gasteiger partial charge in [0.2, 0.25) is 5.91 Å². The molecule has 0 saturated carbocycles. The summed E-state index contributed by atoms with van der Waals surface area (Å²) in [6.45, 7) is 0. The second-order valence-corrected chi connectivity index (χ2v) is 7.52. The molecular formula is C20H15N3O2S. The summed E-state index contributed by atoms with van der Waals surface area (Å²) in [7, 11) is 0. The molecule has 3 heterocycles. The van der Waals surface area contributed by atoms with Crippen LogP contribution < -0.4 is 5.32 Å². The minimum absolute atomic E-state index is 0.0626. The van der Waals surface area contributed by atoms with E-state index in [0.29, 0.717) is 17.0 Å². The van der Waals surface area contributed by atoms with Gasteiger partial charge >= 0.3 is 0 Å². The molecule has 6 heteroatoms. The minimum Gasteiger partial charge on any atom is -0.323 e. The molecule has 2 aliphatic heterocycles. The molecule has 0 aliphatic carbocycles. The van der Waals surface area contributed by atoms with Gasteiger partial charge in [0.1, 0.15) is 11.4 Å². The van der Waals surface area contributed by atoms with Crippen molar-refractivity contribution in [1.82, 2.24) is 9.88 Å². The third-order valence-corrected chi connectivity index (χ3v) is 6.16. The molecule has 0 radical (unpaired) electrons. The lowest BCUT2D eigenvalue weighted by atomic mass is 10.1. The normalized spacial score (nSPS) is 20.9. The summed E-state index contributed by atoms with van der Waals surface area (Å²) in [6, 6.07) is 16.8. The van der Waals surface area contributed by atoms with Crippen LogP contribution in [0.4, 0.5) is 5.69 Å². The first-order chi connectivity index (χ1) is 12.7. The summed E-state index contributed by atoms with van der Waals surface area (Å²) in [4.78, 5) is 31.7. The average Bonchev–Trinajstić information content (AvgIpc) is 3.22. The molecule has 2 atom stereocenters. The Labute approximate surface area is 154 Å². The van der Waals surface area contributed by atoms with Crippen molar-refractivity contribution in [3.63, 3.8) is 0 Å². The summed E-state index contributed by atoms with van der Waals surface area (Å²) in [6.07, 6.45) is 1.65. The lowest BCUT2D eigenvalue weighted by Gasteiger charge is -2.22. The van der Waals surface area contributed by atoms with Crippen molar-refractivity contribution < 1.29 is 9.59 Å². The van der Waals surface area contributed by atoms with Crippen LogP contribution in [0.15, 0.2) is 60.8 Å². The smallest absolute Gasteiger partial charge is 0.256 e. The minimum atomic E-state index is -0.476. The van der Waals surface area contributed by atoms with E-state index in [2.05, 4.69) is 10.3 Å². The van der Waals surface area contributed by atoms with E-state index in [1.54, 1.807) is 22.9 Å². The Morgan fingerprint density at radius 3 is 2.88 bits per heavy atom. The summed E-state index contributed by atoms with van der Waals surface area (Å²) in [5.74, 6) is 0.364. The number of benzene rings is 2. The number of aromatic nitrogens is 1. The van der Waals surface area contributed by atoms with E-state index in [-0.39, 0.29) is 17.2 Å². The van der Waals surface area contributed by atoms with Crippen LogP contribution in [-0.2, 0) is 4.79 Å². The highest BCUT2D eigenvalue weighted by Crippen LogP contribution is 2.48. The fourth-order valence-electron chi connectivity index (χ4n) is 3.61. The van der Waals surface area contributed by atoms with Gasteiger partial charge in [-0.1, -0.05) is 36.4 Å². The van der Waals surface area contributed by atoms with Gasteiger partial charge < -0.3 is 10.2 Å². The van der Waals surface area contributed by atoms with E-state index in [0.717, 1.165) is 16.5 Å². The topological polar surface area (TPSA) is 62.3 Å². The van der Waals surface area contributed by atoms with Crippen molar-refractivity contribution in [1.29, 1.82) is 0 Å². The Morgan fingerprint density at radius 2 is 1.96 bits per heavy atom. The van der Waals surface area contributed by atoms with Crippen LogP contribution >= 0.6 is 11.8 Å². The highest BCUT2D eigenvalue weighted by atomic mass is 32.2. The first-order valence-corrected chi connectivity index (χ1v) is 9.46. The predicted molar refractivity (Wildman–Crippen MR) is 102 cm³/mol. The fourth-order valence-corrected chi connectivity index (χ4v) is 5.07. The molecule has 1 N–H and O–H groups in total. The molecule has 26 heavy (non-hydrogen) atoms. The van der Waals surface area contributed by atoms with Gasteiger partial charge in [-0.05, 0) is 23.8 Å². The standard InChI is InChI=1S/C20H15N3O2S/c24-18(22-13-9-12-5-1-4-8-16(12)21-10-13)17-11-26-20-15-7-3-2-6-14(15)19(25)23(17)20/h1-10,17,20H,11H2,(H,22,24). The van der Waals surface area contributed by atoms with Crippen LogP contribution in [0.25, 0.3) is 10.9 Å². The molecular weight excluding hydrogens is 346 g/mol. The van der Waals surface area contributed by atoms with Crippen LogP contribution in [0.5, 0.6) is 0 Å². The number of pyridine rings is 1. The number of para-hydroxylation sites is 1. The van der Waals surface area contributed by atoms with Gasteiger partial charge in [-0.3, -0.25) is 14.6 Å². The number of nitrogens with one attached hydrogen (secondary N) is 1. The zero-order chi connectivity index (χ0) is 17.7. The number of rotatable bonds is 2. The number of anilines is 1. The molecule has 1 saturated heterocycles. The Morgan fingerprint density at radius 1 is 1.15 bits per heavy atom. The van der Waals surface area contributed by atoms with E-state index in [1.165, 1.54) is 0 Å². The maximum Gasteiger partial charge on any atom is 0.256 e. The van der Waals surface area contributed by atoms with Crippen molar-refractivity contribution in [3.8, 4) is 0 Å². The van der Waals surface area contributed by atoms with Crippen molar-refractivity contribution in [2.24, 2.45) is 0 Å². The number of amides is 2. The van der Waals surface area contributed by atoms with Gasteiger partial charge in [0.05, 0.1) is 17.4 Å². The Kier molecular flexibility index (Phi) is 3.46. The maximum atomic E-state index is 12.8. The quantitative estimate of drug-likeness (QED) is 0.759. The SMILES string of the molecule is O=C(Nc1cnc2ccccc2c1)C1CSC2c3ccccc3C(=O)N12. The monoisotopic (exact) mass is 361 g/mol. The number of nitrogens with zero attached hydrogens (tertiary/aromatic N) is 2. The van der Waals surface area contributed by atoms with E-state index in [9.17, 15) is 9.59 Å². The number of hydrogen-bond donors (Lipinski definition) is 1. The largest absolute Gasteiger partial charge is 0.323 e. The lowest BCUT2D eigenvalue weighted by molar-refractivity contribution is -0.119. The molecule has 0 bridgehead atoms. The molecule has 2 aliphatic rings. The van der Waals surface area contributed by atoms with Gasteiger partial charge in [0.15, 0.2) is 0 Å². The lowest BCUT2D eigenvalue weighted by Crippen LogP contribution is -2.42. The maximum absolute atomic E-state index is 12.8. The van der Waals surface area contributed by atoms with Gasteiger partial charge in [0.25, 0.3) is 5.91 Å². The zero-order valence-electron chi connectivity index (χ0n) is 13.8. The molecule has 2 aromatic carbocycles. The first kappa shape index (κ1) is 15.4. The van der Waals surface area contributed by atoms with Crippen LogP contribution in [0.2, 0.25) is 0 Å². The molecule has 1 aromatic heterocycles. The van der Waals surface area contributed by atoms with Crippen LogP contribution in [0, 0.1) is 0 Å². The number of carbonyl (C=O) groups excluding carboxylic acids is 2. The van der Waals surface area contributed by atoms with Crippen molar-refractivity contribution in [3.05, 3.63) is 71.9 Å². The molecule has 1 fully saturated rings. The summed E-state index contributed by atoms with van der Waals surface area (Å²) in [5.41, 5.74) is 3.23. The van der Waals surface area contributed by atoms with Crippen molar-refractivity contribution in [2.75, 3.05) is 11.1 Å². The fraction of sp³-hybridized carbons (Fsp3) is 0.150. The van der Waals surface area contributed by atoms with E-state index < -0.39 is 6.04 Å². The third kappa shape index (κ3) is 2.29. The highest BCUT2D eigenvalue weighted by molar-refractivity contribution is 7.99. The highest BCUT2D eigenvalue weighted by Gasteiger charge is 2.48. The Balaban J connectivity index is 1.40. The zero-order valence-corrected chi connectivity index (χ0v) is 14.6. The van der Waals surface area contributed by atoms with E-state index in [4.69, 9.17) is 0 Å². The third-order valence-electron chi connectivity index (χ3n) is 4.85. The predicted octanol–water partition coefficient (Wildman–Crippen LogP) is 3.44. The molecule has 2 amide bonds. The van der Waals surface area contributed by atoms with Crippen LogP contribution in [0.1, 0.15) is 21.3 Å². The molecule has 5 rings (SSSR count). The second-order valence-electron chi connectivity index (χ2n) is 6.41. The number of fused-ring (bicyclic) bond motifs is 4. The molecule has 5 nitrogen and oxygen atoms in total. The van der Waals surface area contributed by atoms with Gasteiger partial charge in [-0.15, -0.1) is 11.8 Å². The number of carbonyl (C=O) groups is 2. The molecule has 2 unspecified atom stereocenters. The molecule has 0 spiro atoms. The van der Waals surface area contributed by atoms with Crippen LogP contribution in [0.3, 0.4) is 0 Å². The second kappa shape index (κ2) is 5.85. The summed E-state index contributed by atoms with van der Waals surface area (Å²) in [5, 5.41) is 3.83. The Bertz CT molecular complexity index is 1050. The van der Waals surface area contributed by atoms with Gasteiger partial charge in [0, 0.05) is 16.7 Å². The summed E-state index contributed by atoms with van der Waals surface area (Å²) < 4.78 is 0. The van der Waals surface area contributed by atoms with E-state index in [1.807, 2.05) is 54.6 Å². The molecule has 3 aromatic rings. The van der Waals surface area contributed by atoms with Crippen LogP contribution in [-0.4, -0.2) is 33.5 Å². The van der Waals surface area contributed by atoms with Crippen molar-refractivity contribution >= 4 is 40.2 Å². The number of thioether (sulfide) groups is 1. The van der Waals surface area contributed by atoms with Crippen molar-refractivity contribution in [2.45, 2.75) is 11.4 Å². The average molecular weight is 361 g/mol. The van der Waals surface area contributed by atoms with E-state index >= 15 is 0 Å². The molecule has 128 valence electrons. The number of hydrogen-bond acceptors (Lipinski definition) is 4. The Hall–Kier alpha value is -2.86.